The number of aryl methyl sites for hydroxylation is 1. The number of likely N-dealkylation sites (tertiary alicyclic amines) is 1. The lowest BCUT2D eigenvalue weighted by Crippen LogP contribution is -2.36. The summed E-state index contributed by atoms with van der Waals surface area (Å²) in [7, 11) is 0. The molecule has 186 valence electrons. The van der Waals surface area contributed by atoms with Gasteiger partial charge in [0.1, 0.15) is 0 Å². The Balaban J connectivity index is 1.23. The topological polar surface area (TPSA) is 83.3 Å². The van der Waals surface area contributed by atoms with E-state index >= 15 is 0 Å². The largest absolute Gasteiger partial charge is 0.299 e. The van der Waals surface area contributed by atoms with Gasteiger partial charge in [0.25, 0.3) is 0 Å². The smallest absolute Gasteiger partial charge is 0.160 e. The summed E-state index contributed by atoms with van der Waals surface area (Å²) < 4.78 is 1.93. The molecule has 0 spiro atoms. The van der Waals surface area contributed by atoms with Crippen molar-refractivity contribution in [3.63, 3.8) is 0 Å². The molecule has 4 aromatic heterocycles. The van der Waals surface area contributed by atoms with Crippen LogP contribution in [0.3, 0.4) is 0 Å². The summed E-state index contributed by atoms with van der Waals surface area (Å²) in [6.07, 6.45) is 6.03. The average Bonchev–Trinajstić information content (AvgIpc) is 3.51. The second-order valence-electron chi connectivity index (χ2n) is 10.3. The number of hydrogen-bond acceptors (Lipinski definition) is 7. The fourth-order valence-electron chi connectivity index (χ4n) is 5.43. The number of hydrogen-bond donors (Lipinski definition) is 2. The van der Waals surface area contributed by atoms with Crippen molar-refractivity contribution in [3.8, 4) is 22.4 Å². The molecule has 0 bridgehead atoms. The second-order valence-corrected chi connectivity index (χ2v) is 10.3. The summed E-state index contributed by atoms with van der Waals surface area (Å²) in [5.41, 5.74) is 15.7. The molecule has 2 fully saturated rings. The monoisotopic (exact) mass is 490 g/mol. The van der Waals surface area contributed by atoms with Gasteiger partial charge in [-0.15, -0.1) is 0 Å². The standard InChI is InChI=1S/C29H30N8/c1-18-14-26(34-33-18)25-9-8-23-22(10-11-30-29(23)32-25)27-16-31-28-15-24(19(2)35-37(27)28)21-6-4-20(5-7-21)17-36-12-3-13-36/h4-11,15-16,18,26,33-34H,3,12-14,17H2,1-2H3. The van der Waals surface area contributed by atoms with Crippen molar-refractivity contribution in [1.29, 1.82) is 0 Å². The van der Waals surface area contributed by atoms with Gasteiger partial charge in [0, 0.05) is 35.3 Å². The number of rotatable bonds is 5. The quantitative estimate of drug-likeness (QED) is 0.377. The van der Waals surface area contributed by atoms with Crippen molar-refractivity contribution >= 4 is 16.7 Å². The third kappa shape index (κ3) is 4.07. The third-order valence-corrected chi connectivity index (χ3v) is 7.65. The first kappa shape index (κ1) is 22.5. The van der Waals surface area contributed by atoms with Crippen molar-refractivity contribution in [3.05, 3.63) is 77.9 Å². The zero-order chi connectivity index (χ0) is 24.9. The summed E-state index contributed by atoms with van der Waals surface area (Å²) in [5, 5.41) is 5.96. The summed E-state index contributed by atoms with van der Waals surface area (Å²) in [6, 6.07) is 17.8. The molecule has 37 heavy (non-hydrogen) atoms. The first-order chi connectivity index (χ1) is 18.1. The fourth-order valence-corrected chi connectivity index (χ4v) is 5.43. The Morgan fingerprint density at radius 3 is 2.59 bits per heavy atom. The Morgan fingerprint density at radius 2 is 1.84 bits per heavy atom. The lowest BCUT2D eigenvalue weighted by Gasteiger charge is -2.30. The van der Waals surface area contributed by atoms with Gasteiger partial charge >= 0.3 is 0 Å². The van der Waals surface area contributed by atoms with Gasteiger partial charge in [-0.05, 0) is 75.2 Å². The minimum Gasteiger partial charge on any atom is -0.299 e. The van der Waals surface area contributed by atoms with Crippen molar-refractivity contribution in [2.45, 2.75) is 45.3 Å². The first-order valence-electron chi connectivity index (χ1n) is 13.1. The highest BCUT2D eigenvalue weighted by molar-refractivity contribution is 5.92. The number of fused-ring (bicyclic) bond motifs is 2. The van der Waals surface area contributed by atoms with Crippen molar-refractivity contribution in [1.82, 2.24) is 40.3 Å². The van der Waals surface area contributed by atoms with Crippen LogP contribution in [0, 0.1) is 6.92 Å². The summed E-state index contributed by atoms with van der Waals surface area (Å²) in [6.45, 7) is 7.68. The number of aromatic nitrogens is 5. The zero-order valence-corrected chi connectivity index (χ0v) is 21.1. The van der Waals surface area contributed by atoms with Crippen LogP contribution >= 0.6 is 0 Å². The van der Waals surface area contributed by atoms with E-state index < -0.39 is 0 Å². The van der Waals surface area contributed by atoms with E-state index in [9.17, 15) is 0 Å². The van der Waals surface area contributed by atoms with Crippen molar-refractivity contribution < 1.29 is 0 Å². The molecule has 8 nitrogen and oxygen atoms in total. The van der Waals surface area contributed by atoms with Crippen LogP contribution in [0.15, 0.2) is 60.9 Å². The van der Waals surface area contributed by atoms with Crippen LogP contribution in [0.5, 0.6) is 0 Å². The lowest BCUT2D eigenvalue weighted by atomic mass is 10.0. The predicted octanol–water partition coefficient (Wildman–Crippen LogP) is 4.45. The minimum atomic E-state index is 0.188. The van der Waals surface area contributed by atoms with Crippen LogP contribution in [-0.2, 0) is 6.54 Å². The third-order valence-electron chi connectivity index (χ3n) is 7.65. The number of imidazole rings is 1. The van der Waals surface area contributed by atoms with Gasteiger partial charge in [-0.25, -0.2) is 24.9 Å². The molecular weight excluding hydrogens is 460 g/mol. The summed E-state index contributed by atoms with van der Waals surface area (Å²) in [4.78, 5) is 16.7. The van der Waals surface area contributed by atoms with Crippen LogP contribution in [-0.4, -0.2) is 48.6 Å². The maximum atomic E-state index is 4.96. The number of nitrogens with one attached hydrogen (secondary N) is 2. The molecule has 2 atom stereocenters. The molecule has 0 saturated carbocycles. The zero-order valence-electron chi connectivity index (χ0n) is 21.1. The van der Waals surface area contributed by atoms with Crippen LogP contribution in [0.4, 0.5) is 0 Å². The van der Waals surface area contributed by atoms with E-state index in [1.165, 1.54) is 30.6 Å². The van der Waals surface area contributed by atoms with Crippen LogP contribution < -0.4 is 10.9 Å². The SMILES string of the molecule is Cc1nn2c(-c3ccnc4nc(C5CC(C)NN5)ccc34)cnc2cc1-c1ccc(CN2CCC2)cc1. The molecule has 5 aromatic rings. The molecule has 2 N–H and O–H groups in total. The number of pyridine rings is 2. The molecule has 0 radical (unpaired) electrons. The van der Waals surface area contributed by atoms with Gasteiger partial charge < -0.3 is 0 Å². The maximum absolute atomic E-state index is 4.96. The Labute approximate surface area is 215 Å². The molecule has 2 saturated heterocycles. The predicted molar refractivity (Wildman–Crippen MR) is 145 cm³/mol. The van der Waals surface area contributed by atoms with Crippen molar-refractivity contribution in [2.75, 3.05) is 13.1 Å². The summed E-state index contributed by atoms with van der Waals surface area (Å²) >= 11 is 0. The van der Waals surface area contributed by atoms with Crippen molar-refractivity contribution in [2.24, 2.45) is 0 Å². The molecule has 7 rings (SSSR count). The van der Waals surface area contributed by atoms with Gasteiger partial charge in [0.05, 0.1) is 29.3 Å². The highest BCUT2D eigenvalue weighted by Crippen LogP contribution is 2.31. The molecule has 0 aliphatic carbocycles. The molecule has 2 aliphatic heterocycles. The normalized spacial score (nSPS) is 20.1. The molecule has 8 heteroatoms. The highest BCUT2D eigenvalue weighted by Gasteiger charge is 2.23. The van der Waals surface area contributed by atoms with Crippen LogP contribution in [0.25, 0.3) is 39.1 Å². The second kappa shape index (κ2) is 8.99. The average molecular weight is 491 g/mol. The molecule has 2 unspecified atom stereocenters. The Morgan fingerprint density at radius 1 is 0.973 bits per heavy atom. The Bertz CT molecular complexity index is 1600. The minimum absolute atomic E-state index is 0.188. The number of hydrazine groups is 1. The van der Waals surface area contributed by atoms with Gasteiger partial charge in [0.15, 0.2) is 11.3 Å². The van der Waals surface area contributed by atoms with Gasteiger partial charge in [-0.3, -0.25) is 10.3 Å². The van der Waals surface area contributed by atoms with Gasteiger partial charge in [0.2, 0.25) is 0 Å². The molecule has 1 aromatic carbocycles. The van der Waals surface area contributed by atoms with E-state index in [-0.39, 0.29) is 6.04 Å². The lowest BCUT2D eigenvalue weighted by molar-refractivity contribution is 0.172. The van der Waals surface area contributed by atoms with E-state index in [2.05, 4.69) is 77.0 Å². The van der Waals surface area contributed by atoms with Crippen LogP contribution in [0.2, 0.25) is 0 Å². The molecule has 0 amide bonds. The first-order valence-corrected chi connectivity index (χ1v) is 13.1. The van der Waals surface area contributed by atoms with E-state index in [1.807, 2.05) is 23.0 Å². The summed E-state index contributed by atoms with van der Waals surface area (Å²) in [5.74, 6) is 0. The number of nitrogens with zero attached hydrogens (tertiary/aromatic N) is 6. The maximum Gasteiger partial charge on any atom is 0.160 e. The van der Waals surface area contributed by atoms with E-state index in [1.54, 1.807) is 0 Å². The number of benzene rings is 1. The van der Waals surface area contributed by atoms with E-state index in [0.717, 1.165) is 57.9 Å². The fraction of sp³-hybridized carbons (Fsp3) is 0.310. The molecular formula is C29H30N8. The highest BCUT2D eigenvalue weighted by atomic mass is 15.4. The molecule has 2 aliphatic rings. The van der Waals surface area contributed by atoms with Crippen LogP contribution in [0.1, 0.15) is 42.8 Å². The van der Waals surface area contributed by atoms with Gasteiger partial charge in [-0.2, -0.15) is 5.10 Å². The Hall–Kier alpha value is -3.72. The van der Waals surface area contributed by atoms with Gasteiger partial charge in [-0.1, -0.05) is 24.3 Å². The Kier molecular flexibility index (Phi) is 5.46. The van der Waals surface area contributed by atoms with E-state index in [4.69, 9.17) is 15.1 Å². The molecule has 6 heterocycles. The van der Waals surface area contributed by atoms with E-state index in [0.29, 0.717) is 6.04 Å².